The van der Waals surface area contributed by atoms with Gasteiger partial charge in [-0.05, 0) is 37.5 Å². The molecule has 0 saturated heterocycles. The third-order valence-corrected chi connectivity index (χ3v) is 4.98. The zero-order chi connectivity index (χ0) is 22.2. The minimum absolute atomic E-state index is 0.0677. The average Bonchev–Trinajstić information content (AvgIpc) is 3.32. The van der Waals surface area contributed by atoms with Gasteiger partial charge in [-0.25, -0.2) is 15.0 Å². The molecule has 3 heterocycles. The number of aryl methyl sites for hydroxylation is 1. The van der Waals surface area contributed by atoms with Crippen LogP contribution in [0.15, 0.2) is 30.6 Å². The van der Waals surface area contributed by atoms with Gasteiger partial charge in [-0.1, -0.05) is 4.49 Å². The number of hydrogen-bond acceptors (Lipinski definition) is 8. The topological polar surface area (TPSA) is 108 Å². The van der Waals surface area contributed by atoms with Gasteiger partial charge < -0.3 is 10.1 Å². The molecule has 0 aliphatic carbocycles. The summed E-state index contributed by atoms with van der Waals surface area (Å²) in [7, 11) is 0. The fraction of sp³-hybridized carbons (Fsp3) is 0.222. The molecule has 31 heavy (non-hydrogen) atoms. The second-order valence-corrected chi connectivity index (χ2v) is 7.01. The zero-order valence-corrected chi connectivity index (χ0v) is 17.0. The number of nitrogens with zero attached hydrogens (tertiary/aromatic N) is 6. The van der Waals surface area contributed by atoms with Crippen molar-refractivity contribution in [2.45, 2.75) is 20.0 Å². The van der Waals surface area contributed by atoms with Crippen LogP contribution < -0.4 is 10.1 Å². The molecule has 0 aliphatic rings. The zero-order valence-electron chi connectivity index (χ0n) is 16.1. The van der Waals surface area contributed by atoms with E-state index >= 15 is 0 Å². The number of fused-ring (bicyclic) bond motifs is 1. The Bertz CT molecular complexity index is 1250. The lowest BCUT2D eigenvalue weighted by molar-refractivity contribution is -0.145. The molecule has 0 fully saturated rings. The Kier molecular flexibility index (Phi) is 5.27. The van der Waals surface area contributed by atoms with Crippen molar-refractivity contribution in [2.75, 3.05) is 11.9 Å². The highest BCUT2D eigenvalue weighted by atomic mass is 32.1. The van der Waals surface area contributed by atoms with Gasteiger partial charge in [-0.15, -0.1) is 5.10 Å². The molecular weight excluding hydrogens is 435 g/mol. The van der Waals surface area contributed by atoms with E-state index in [1.165, 1.54) is 12.1 Å². The maximum absolute atomic E-state index is 13.6. The first-order valence-electron chi connectivity index (χ1n) is 8.93. The highest BCUT2D eigenvalue weighted by Crippen LogP contribution is 2.34. The summed E-state index contributed by atoms with van der Waals surface area (Å²) in [5.41, 5.74) is 0.747. The monoisotopic (exact) mass is 449 g/mol. The number of aromatic nitrogens is 6. The summed E-state index contributed by atoms with van der Waals surface area (Å²) in [4.78, 5) is 24.3. The third-order valence-electron chi connectivity index (χ3n) is 4.16. The molecule has 1 aromatic carbocycles. The predicted molar refractivity (Wildman–Crippen MR) is 105 cm³/mol. The number of rotatable bonds is 5. The van der Waals surface area contributed by atoms with Crippen molar-refractivity contribution in [1.82, 2.24) is 29.1 Å². The van der Waals surface area contributed by atoms with Crippen LogP contribution in [0.2, 0.25) is 0 Å². The second kappa shape index (κ2) is 7.91. The van der Waals surface area contributed by atoms with Crippen LogP contribution in [0, 0.1) is 6.92 Å². The second-order valence-electron chi connectivity index (χ2n) is 6.25. The summed E-state index contributed by atoms with van der Waals surface area (Å²) < 4.78 is 50.8. The number of carbonyl (C=O) groups excluding carboxylic acids is 1. The van der Waals surface area contributed by atoms with E-state index < -0.39 is 17.9 Å². The Balaban J connectivity index is 1.70. The maximum atomic E-state index is 13.6. The van der Waals surface area contributed by atoms with Crippen molar-refractivity contribution in [3.8, 4) is 11.6 Å². The summed E-state index contributed by atoms with van der Waals surface area (Å²) in [5, 5.41) is 6.27. The van der Waals surface area contributed by atoms with E-state index in [0.29, 0.717) is 22.9 Å². The largest absolute Gasteiger partial charge is 0.494 e. The van der Waals surface area contributed by atoms with E-state index in [4.69, 9.17) is 4.74 Å². The Morgan fingerprint density at radius 3 is 2.68 bits per heavy atom. The Morgan fingerprint density at radius 1 is 1.26 bits per heavy atom. The van der Waals surface area contributed by atoms with Gasteiger partial charge in [-0.3, -0.25) is 9.36 Å². The van der Waals surface area contributed by atoms with Gasteiger partial charge in [0.2, 0.25) is 5.82 Å². The smallest absolute Gasteiger partial charge is 0.450 e. The van der Waals surface area contributed by atoms with E-state index in [0.717, 1.165) is 28.5 Å². The molecule has 0 radical (unpaired) electrons. The minimum atomic E-state index is -4.73. The molecule has 0 unspecified atom stereocenters. The van der Waals surface area contributed by atoms with Crippen LogP contribution in [-0.4, -0.2) is 41.6 Å². The van der Waals surface area contributed by atoms with Crippen LogP contribution >= 0.6 is 11.5 Å². The molecule has 9 nitrogen and oxygen atoms in total. The van der Waals surface area contributed by atoms with Crippen LogP contribution in [0.1, 0.15) is 28.1 Å². The number of halogens is 3. The van der Waals surface area contributed by atoms with Crippen LogP contribution in [0.4, 0.5) is 19.0 Å². The molecule has 13 heteroatoms. The molecule has 0 aliphatic heterocycles. The van der Waals surface area contributed by atoms with E-state index in [2.05, 4.69) is 29.9 Å². The summed E-state index contributed by atoms with van der Waals surface area (Å²) in [6.07, 6.45) is -2.44. The number of nitrogens with one attached hydrogen (secondary N) is 1. The van der Waals surface area contributed by atoms with Crippen LogP contribution in [0.5, 0.6) is 5.75 Å². The first kappa shape index (κ1) is 20.7. The Morgan fingerprint density at radius 2 is 2.06 bits per heavy atom. The fourth-order valence-electron chi connectivity index (χ4n) is 2.85. The van der Waals surface area contributed by atoms with Gasteiger partial charge in [0.1, 0.15) is 10.6 Å². The van der Waals surface area contributed by atoms with Gasteiger partial charge in [0.25, 0.3) is 5.91 Å². The van der Waals surface area contributed by atoms with Gasteiger partial charge >= 0.3 is 6.18 Å². The number of amides is 1. The Hall–Kier alpha value is -3.61. The molecule has 1 N–H and O–H groups in total. The normalized spacial score (nSPS) is 11.6. The lowest BCUT2D eigenvalue weighted by Crippen LogP contribution is -2.16. The van der Waals surface area contributed by atoms with Crippen molar-refractivity contribution in [2.24, 2.45) is 0 Å². The molecule has 0 bridgehead atoms. The first-order valence-corrected chi connectivity index (χ1v) is 9.70. The third kappa shape index (κ3) is 4.03. The summed E-state index contributed by atoms with van der Waals surface area (Å²) >= 11 is 0.920. The molecule has 0 saturated carbocycles. The molecule has 160 valence electrons. The molecule has 4 rings (SSSR count). The lowest BCUT2D eigenvalue weighted by Gasteiger charge is -2.11. The first-order chi connectivity index (χ1) is 14.8. The summed E-state index contributed by atoms with van der Waals surface area (Å²) in [5.74, 6) is -1.26. The van der Waals surface area contributed by atoms with Gasteiger partial charge in [0.15, 0.2) is 11.6 Å². The molecule has 4 aromatic rings. The van der Waals surface area contributed by atoms with Crippen molar-refractivity contribution < 1.29 is 22.7 Å². The number of anilines is 1. The molecular formula is C18H14F3N7O2S. The van der Waals surface area contributed by atoms with E-state index in [-0.39, 0.29) is 22.7 Å². The van der Waals surface area contributed by atoms with Gasteiger partial charge in [0, 0.05) is 6.07 Å². The molecule has 0 atom stereocenters. The van der Waals surface area contributed by atoms with Crippen molar-refractivity contribution in [1.29, 1.82) is 0 Å². The quantitative estimate of drug-likeness (QED) is 0.496. The van der Waals surface area contributed by atoms with Crippen molar-refractivity contribution in [3.63, 3.8) is 0 Å². The predicted octanol–water partition coefficient (Wildman–Crippen LogP) is 3.65. The van der Waals surface area contributed by atoms with E-state index in [9.17, 15) is 18.0 Å². The highest BCUT2D eigenvalue weighted by molar-refractivity contribution is 7.08. The van der Waals surface area contributed by atoms with Crippen molar-refractivity contribution in [3.05, 3.63) is 47.0 Å². The van der Waals surface area contributed by atoms with Crippen LogP contribution in [0.3, 0.4) is 0 Å². The highest BCUT2D eigenvalue weighted by Gasteiger charge is 2.38. The summed E-state index contributed by atoms with van der Waals surface area (Å²) in [6, 6.07) is 4.45. The lowest BCUT2D eigenvalue weighted by atomic mass is 10.3. The number of carbonyl (C=O) groups is 1. The van der Waals surface area contributed by atoms with E-state index in [1.807, 2.05) is 0 Å². The average molecular weight is 449 g/mol. The number of ether oxygens (including phenoxy) is 1. The summed E-state index contributed by atoms with van der Waals surface area (Å²) in [6.45, 7) is 3.77. The molecule has 1 amide bonds. The minimum Gasteiger partial charge on any atom is -0.494 e. The SMILES string of the molecule is CCOc1ccc2c(c1)nc(C(F)(F)F)n2-c1cnc(NC(=O)c2snnc2C)cn1. The maximum Gasteiger partial charge on any atom is 0.450 e. The van der Waals surface area contributed by atoms with Gasteiger partial charge in [-0.2, -0.15) is 13.2 Å². The molecule has 0 spiro atoms. The standard InChI is InChI=1S/C18H14F3N7O2S/c1-3-30-10-4-5-12-11(6-10)24-17(18(19,20)21)28(12)14-8-22-13(7-23-14)25-16(29)15-9(2)26-27-31-15/h4-8H,3H2,1-2H3,(H,22,25,29). The fourth-order valence-corrected chi connectivity index (χ4v) is 3.40. The van der Waals surface area contributed by atoms with E-state index in [1.54, 1.807) is 19.9 Å². The Labute approximate surface area is 177 Å². The van der Waals surface area contributed by atoms with Crippen molar-refractivity contribution >= 4 is 34.3 Å². The van der Waals surface area contributed by atoms with Crippen LogP contribution in [-0.2, 0) is 6.18 Å². The van der Waals surface area contributed by atoms with Crippen LogP contribution in [0.25, 0.3) is 16.9 Å². The number of alkyl halides is 3. The number of imidazole rings is 1. The molecule has 3 aromatic heterocycles. The van der Waals surface area contributed by atoms with Gasteiger partial charge in [0.05, 0.1) is 35.7 Å². The number of benzene rings is 1. The number of hydrogen-bond donors (Lipinski definition) is 1.